The molecule has 0 aliphatic heterocycles. The summed E-state index contributed by atoms with van der Waals surface area (Å²) in [4.78, 5) is 0. The summed E-state index contributed by atoms with van der Waals surface area (Å²) in [5.74, 6) is 0. The van der Waals surface area contributed by atoms with Gasteiger partial charge < -0.3 is 0 Å². The minimum absolute atomic E-state index is 1.01. The van der Waals surface area contributed by atoms with Crippen LogP contribution < -0.4 is 0 Å². The Balaban J connectivity index is 0.000000921. The van der Waals surface area contributed by atoms with Crippen LogP contribution in [0.5, 0.6) is 0 Å². The van der Waals surface area contributed by atoms with E-state index in [4.69, 9.17) is 0 Å². The van der Waals surface area contributed by atoms with Gasteiger partial charge in [0.1, 0.15) is 0 Å². The normalized spacial score (nSPS) is 9.60. The Morgan fingerprint density at radius 3 is 2.40 bits per heavy atom. The van der Waals surface area contributed by atoms with Gasteiger partial charge in [-0.15, -0.1) is 5.10 Å². The molecule has 0 saturated heterocycles. The molecular formula is C12H25N3. The van der Waals surface area contributed by atoms with Crippen molar-refractivity contribution in [1.82, 2.24) is 15.0 Å². The molecule has 0 aromatic carbocycles. The van der Waals surface area contributed by atoms with E-state index in [0.29, 0.717) is 0 Å². The molecule has 3 nitrogen and oxygen atoms in total. The van der Waals surface area contributed by atoms with Crippen molar-refractivity contribution in [3.63, 3.8) is 0 Å². The summed E-state index contributed by atoms with van der Waals surface area (Å²) in [5, 5.41) is 8.19. The number of aryl methyl sites for hydroxylation is 2. The maximum Gasteiger partial charge on any atom is 0.0827 e. The lowest BCUT2D eigenvalue weighted by molar-refractivity contribution is 0.553. The Hall–Kier alpha value is -0.860. The number of aromatic nitrogens is 3. The fraction of sp³-hybridized carbons (Fsp3) is 0.833. The first kappa shape index (κ1) is 14.1. The quantitative estimate of drug-likeness (QED) is 0.721. The van der Waals surface area contributed by atoms with Crippen LogP contribution in [0.3, 0.4) is 0 Å². The predicted molar refractivity (Wildman–Crippen MR) is 64.9 cm³/mol. The molecule has 1 aromatic rings. The average molecular weight is 211 g/mol. The van der Waals surface area contributed by atoms with Crippen LogP contribution in [-0.4, -0.2) is 15.0 Å². The van der Waals surface area contributed by atoms with E-state index in [0.717, 1.165) is 18.7 Å². The van der Waals surface area contributed by atoms with Crippen LogP contribution in [0.4, 0.5) is 0 Å². The zero-order valence-electron chi connectivity index (χ0n) is 10.7. The largest absolute Gasteiger partial charge is 0.252 e. The lowest BCUT2D eigenvalue weighted by Crippen LogP contribution is -1.97. The fourth-order valence-electron chi connectivity index (χ4n) is 1.24. The molecule has 0 bridgehead atoms. The van der Waals surface area contributed by atoms with Crippen molar-refractivity contribution in [2.45, 2.75) is 66.3 Å². The molecular weight excluding hydrogens is 186 g/mol. The molecule has 1 aromatic heterocycles. The minimum atomic E-state index is 1.01. The van der Waals surface area contributed by atoms with Crippen molar-refractivity contribution >= 4 is 0 Å². The molecule has 0 aliphatic rings. The van der Waals surface area contributed by atoms with Gasteiger partial charge >= 0.3 is 0 Å². The van der Waals surface area contributed by atoms with Crippen molar-refractivity contribution in [2.24, 2.45) is 0 Å². The molecule has 0 radical (unpaired) electrons. The van der Waals surface area contributed by atoms with Crippen LogP contribution in [0.1, 0.15) is 59.1 Å². The van der Waals surface area contributed by atoms with E-state index >= 15 is 0 Å². The van der Waals surface area contributed by atoms with Crippen LogP contribution in [0.15, 0.2) is 6.20 Å². The molecule has 15 heavy (non-hydrogen) atoms. The summed E-state index contributed by atoms with van der Waals surface area (Å²) >= 11 is 0. The van der Waals surface area contributed by atoms with Crippen molar-refractivity contribution in [1.29, 1.82) is 0 Å². The van der Waals surface area contributed by atoms with E-state index in [1.165, 1.54) is 25.7 Å². The maximum atomic E-state index is 4.12. The van der Waals surface area contributed by atoms with Crippen molar-refractivity contribution in [2.75, 3.05) is 0 Å². The molecule has 0 atom stereocenters. The summed E-state index contributed by atoms with van der Waals surface area (Å²) in [5.41, 5.74) is 1.14. The van der Waals surface area contributed by atoms with Crippen LogP contribution in [-0.2, 0) is 13.0 Å². The van der Waals surface area contributed by atoms with Crippen LogP contribution in [0.25, 0.3) is 0 Å². The molecule has 0 fully saturated rings. The summed E-state index contributed by atoms with van der Waals surface area (Å²) < 4.78 is 1.95. The van der Waals surface area contributed by atoms with Gasteiger partial charge in [0.25, 0.3) is 0 Å². The fourth-order valence-corrected chi connectivity index (χ4v) is 1.24. The van der Waals surface area contributed by atoms with Gasteiger partial charge in [-0.05, 0) is 19.3 Å². The Morgan fingerprint density at radius 2 is 1.80 bits per heavy atom. The first-order valence-corrected chi connectivity index (χ1v) is 6.25. The van der Waals surface area contributed by atoms with Crippen molar-refractivity contribution in [3.05, 3.63) is 11.9 Å². The highest BCUT2D eigenvalue weighted by molar-refractivity contribution is 4.91. The summed E-state index contributed by atoms with van der Waals surface area (Å²) in [7, 11) is 0. The van der Waals surface area contributed by atoms with Gasteiger partial charge in [0, 0.05) is 12.7 Å². The highest BCUT2D eigenvalue weighted by Gasteiger charge is 1.98. The molecule has 0 N–H and O–H groups in total. The second-order valence-corrected chi connectivity index (χ2v) is 3.43. The Bertz CT molecular complexity index is 208. The van der Waals surface area contributed by atoms with Crippen LogP contribution in [0, 0.1) is 0 Å². The Morgan fingerprint density at radius 1 is 1.13 bits per heavy atom. The zero-order valence-corrected chi connectivity index (χ0v) is 10.7. The van der Waals surface area contributed by atoms with E-state index in [1.54, 1.807) is 0 Å². The van der Waals surface area contributed by atoms with Gasteiger partial charge in [-0.1, -0.05) is 45.7 Å². The summed E-state index contributed by atoms with van der Waals surface area (Å²) in [6.07, 6.45) is 7.99. The minimum Gasteiger partial charge on any atom is -0.252 e. The van der Waals surface area contributed by atoms with Crippen molar-refractivity contribution in [3.8, 4) is 0 Å². The number of hydrogen-bond donors (Lipinski definition) is 0. The number of unbranched alkanes of at least 4 members (excludes halogenated alkanes) is 2. The van der Waals surface area contributed by atoms with Crippen LogP contribution >= 0.6 is 0 Å². The van der Waals surface area contributed by atoms with Gasteiger partial charge in [-0.25, -0.2) is 0 Å². The first-order chi connectivity index (χ1) is 7.36. The third-order valence-electron chi connectivity index (χ3n) is 2.11. The molecule has 0 amide bonds. The monoisotopic (exact) mass is 211 g/mol. The molecule has 0 aliphatic carbocycles. The topological polar surface area (TPSA) is 30.7 Å². The lowest BCUT2D eigenvalue weighted by atomic mass is 10.2. The number of nitrogens with zero attached hydrogens (tertiary/aromatic N) is 3. The molecule has 3 heteroatoms. The van der Waals surface area contributed by atoms with Crippen molar-refractivity contribution < 1.29 is 0 Å². The Labute approximate surface area is 93.9 Å². The van der Waals surface area contributed by atoms with E-state index in [9.17, 15) is 0 Å². The highest BCUT2D eigenvalue weighted by Crippen LogP contribution is 2.01. The molecule has 88 valence electrons. The number of rotatable bonds is 6. The van der Waals surface area contributed by atoms with Gasteiger partial charge in [-0.3, -0.25) is 4.68 Å². The van der Waals surface area contributed by atoms with Gasteiger partial charge in [0.15, 0.2) is 0 Å². The molecule has 0 saturated carbocycles. The van der Waals surface area contributed by atoms with E-state index in [1.807, 2.05) is 18.5 Å². The predicted octanol–water partition coefficient (Wildman–Crippen LogP) is 3.45. The van der Waals surface area contributed by atoms with Crippen LogP contribution in [0.2, 0.25) is 0 Å². The van der Waals surface area contributed by atoms with Gasteiger partial charge in [0.05, 0.1) is 5.69 Å². The third-order valence-corrected chi connectivity index (χ3v) is 2.11. The molecule has 0 spiro atoms. The smallest absolute Gasteiger partial charge is 0.0827 e. The van der Waals surface area contributed by atoms with E-state index < -0.39 is 0 Å². The second kappa shape index (κ2) is 9.69. The van der Waals surface area contributed by atoms with E-state index in [-0.39, 0.29) is 0 Å². The number of hydrogen-bond acceptors (Lipinski definition) is 2. The molecule has 0 unspecified atom stereocenters. The standard InChI is InChI=1S/C10H19N3.C2H6/c1-3-5-7-10-9-13(12-11-10)8-6-4-2;1-2/h9H,3-8H2,1-2H3;1-2H3. The summed E-state index contributed by atoms with van der Waals surface area (Å²) in [6, 6.07) is 0. The van der Waals surface area contributed by atoms with Gasteiger partial charge in [-0.2, -0.15) is 0 Å². The maximum absolute atomic E-state index is 4.12. The lowest BCUT2D eigenvalue weighted by Gasteiger charge is -1.95. The summed E-state index contributed by atoms with van der Waals surface area (Å²) in [6.45, 7) is 9.39. The van der Waals surface area contributed by atoms with Gasteiger partial charge in [0.2, 0.25) is 0 Å². The third kappa shape index (κ3) is 6.26. The highest BCUT2D eigenvalue weighted by atomic mass is 15.4. The SMILES string of the molecule is CC.CCCCc1cn(CCCC)nn1. The average Bonchev–Trinajstić information content (AvgIpc) is 2.74. The second-order valence-electron chi connectivity index (χ2n) is 3.43. The Kier molecular flexibility index (Phi) is 9.13. The first-order valence-electron chi connectivity index (χ1n) is 6.25. The van der Waals surface area contributed by atoms with E-state index in [2.05, 4.69) is 30.4 Å². The molecule has 1 heterocycles. The zero-order chi connectivity index (χ0) is 11.5. The molecule has 1 rings (SSSR count).